The molecule has 0 saturated carbocycles. The molecule has 0 aromatic carbocycles. The maximum atomic E-state index is 11.7. The minimum atomic E-state index is -0.867. The summed E-state index contributed by atoms with van der Waals surface area (Å²) >= 11 is 0. The minimum Gasteiger partial charge on any atom is -0.512 e. The standard InChI is InChI=1S/C13H18O6/c1-5-18-11(16)7-10(13(17)19-6-2)12(8(3)14)9(4)15/h7,14H,5-6H2,1-4H3/b10-7+,12-8-. The number of hydrogen-bond acceptors (Lipinski definition) is 6. The number of aliphatic hydroxyl groups is 1. The molecule has 0 spiro atoms. The summed E-state index contributed by atoms with van der Waals surface area (Å²) in [4.78, 5) is 34.6. The Kier molecular flexibility index (Phi) is 7.18. The summed E-state index contributed by atoms with van der Waals surface area (Å²) in [5.41, 5.74) is -0.570. The van der Waals surface area contributed by atoms with Crippen molar-refractivity contribution in [2.24, 2.45) is 0 Å². The fourth-order valence-electron chi connectivity index (χ4n) is 1.38. The van der Waals surface area contributed by atoms with Gasteiger partial charge in [-0.25, -0.2) is 9.59 Å². The number of carbonyl (C=O) groups is 3. The van der Waals surface area contributed by atoms with Crippen molar-refractivity contribution in [2.45, 2.75) is 27.7 Å². The van der Waals surface area contributed by atoms with E-state index in [9.17, 15) is 19.5 Å². The first-order valence-electron chi connectivity index (χ1n) is 5.81. The molecule has 0 aliphatic rings. The first-order valence-corrected chi connectivity index (χ1v) is 5.81. The lowest BCUT2D eigenvalue weighted by Gasteiger charge is -2.09. The maximum Gasteiger partial charge on any atom is 0.339 e. The van der Waals surface area contributed by atoms with E-state index in [-0.39, 0.29) is 30.1 Å². The number of rotatable bonds is 6. The third-order valence-corrected chi connectivity index (χ3v) is 2.03. The van der Waals surface area contributed by atoms with Gasteiger partial charge in [-0.2, -0.15) is 0 Å². The largest absolute Gasteiger partial charge is 0.512 e. The third kappa shape index (κ3) is 5.37. The number of ketones is 1. The Bertz CT molecular complexity index is 426. The predicted octanol–water partition coefficient (Wildman–Crippen LogP) is 1.46. The van der Waals surface area contributed by atoms with Crippen molar-refractivity contribution in [3.05, 3.63) is 23.0 Å². The first-order chi connectivity index (χ1) is 8.84. The fourth-order valence-corrected chi connectivity index (χ4v) is 1.38. The highest BCUT2D eigenvalue weighted by Gasteiger charge is 2.23. The van der Waals surface area contributed by atoms with Gasteiger partial charge in [0.15, 0.2) is 5.78 Å². The van der Waals surface area contributed by atoms with E-state index in [4.69, 9.17) is 4.74 Å². The smallest absolute Gasteiger partial charge is 0.339 e. The molecule has 0 aliphatic carbocycles. The monoisotopic (exact) mass is 270 g/mol. The second-order valence-corrected chi connectivity index (χ2v) is 3.55. The van der Waals surface area contributed by atoms with E-state index >= 15 is 0 Å². The van der Waals surface area contributed by atoms with E-state index in [1.807, 2.05) is 0 Å². The van der Waals surface area contributed by atoms with E-state index in [0.717, 1.165) is 6.08 Å². The van der Waals surface area contributed by atoms with E-state index in [1.54, 1.807) is 13.8 Å². The summed E-state index contributed by atoms with van der Waals surface area (Å²) in [6.45, 7) is 5.82. The molecule has 0 radical (unpaired) electrons. The Morgan fingerprint density at radius 1 is 1.05 bits per heavy atom. The Balaban J connectivity index is 5.64. The molecule has 0 saturated heterocycles. The predicted molar refractivity (Wildman–Crippen MR) is 67.4 cm³/mol. The molecule has 0 bridgehead atoms. The van der Waals surface area contributed by atoms with Crippen LogP contribution in [-0.4, -0.2) is 36.0 Å². The molecule has 106 valence electrons. The summed E-state index contributed by atoms with van der Waals surface area (Å²) in [7, 11) is 0. The van der Waals surface area contributed by atoms with Crippen molar-refractivity contribution in [1.82, 2.24) is 0 Å². The van der Waals surface area contributed by atoms with Crippen LogP contribution in [0.25, 0.3) is 0 Å². The summed E-state index contributed by atoms with van der Waals surface area (Å²) in [6, 6.07) is 0. The van der Waals surface area contributed by atoms with Crippen molar-refractivity contribution in [3.8, 4) is 0 Å². The molecular weight excluding hydrogens is 252 g/mol. The molecule has 0 fully saturated rings. The molecular formula is C13H18O6. The summed E-state index contributed by atoms with van der Waals surface area (Å²) in [5, 5.41) is 9.47. The van der Waals surface area contributed by atoms with E-state index in [2.05, 4.69) is 4.74 Å². The van der Waals surface area contributed by atoms with Gasteiger partial charge < -0.3 is 14.6 Å². The van der Waals surface area contributed by atoms with Gasteiger partial charge in [-0.3, -0.25) is 4.79 Å². The van der Waals surface area contributed by atoms with Crippen molar-refractivity contribution >= 4 is 17.7 Å². The zero-order chi connectivity index (χ0) is 15.0. The average Bonchev–Trinajstić information content (AvgIpc) is 2.27. The summed E-state index contributed by atoms with van der Waals surface area (Å²) in [5.74, 6) is -2.57. The first kappa shape index (κ1) is 16.9. The van der Waals surface area contributed by atoms with Gasteiger partial charge in [-0.15, -0.1) is 0 Å². The Hall–Kier alpha value is -2.11. The number of ether oxygens (including phenoxy) is 2. The van der Waals surface area contributed by atoms with Gasteiger partial charge in [-0.1, -0.05) is 0 Å². The van der Waals surface area contributed by atoms with Crippen LogP contribution in [0.1, 0.15) is 27.7 Å². The highest BCUT2D eigenvalue weighted by Crippen LogP contribution is 2.17. The van der Waals surface area contributed by atoms with E-state index in [1.165, 1.54) is 13.8 Å². The van der Waals surface area contributed by atoms with E-state index < -0.39 is 17.7 Å². The molecule has 0 rings (SSSR count). The normalized spacial score (nSPS) is 12.5. The van der Waals surface area contributed by atoms with Gasteiger partial charge in [0.1, 0.15) is 5.76 Å². The third-order valence-electron chi connectivity index (χ3n) is 2.03. The molecule has 0 heterocycles. The Morgan fingerprint density at radius 2 is 1.58 bits per heavy atom. The van der Waals surface area contributed by atoms with E-state index in [0.29, 0.717) is 0 Å². The molecule has 0 aliphatic heterocycles. The molecule has 0 aromatic rings. The maximum absolute atomic E-state index is 11.7. The van der Waals surface area contributed by atoms with Crippen molar-refractivity contribution < 1.29 is 29.0 Å². The van der Waals surface area contributed by atoms with Crippen LogP contribution in [0.5, 0.6) is 0 Å². The molecule has 6 nitrogen and oxygen atoms in total. The number of aliphatic hydroxyl groups excluding tert-OH is 1. The second kappa shape index (κ2) is 8.07. The van der Waals surface area contributed by atoms with Gasteiger partial charge in [-0.05, 0) is 27.7 Å². The molecule has 0 unspecified atom stereocenters. The highest BCUT2D eigenvalue weighted by molar-refractivity contribution is 6.11. The van der Waals surface area contributed by atoms with Crippen molar-refractivity contribution in [1.29, 1.82) is 0 Å². The molecule has 19 heavy (non-hydrogen) atoms. The zero-order valence-electron chi connectivity index (χ0n) is 11.5. The number of allylic oxidation sites excluding steroid dienone is 1. The second-order valence-electron chi connectivity index (χ2n) is 3.55. The zero-order valence-corrected chi connectivity index (χ0v) is 11.5. The van der Waals surface area contributed by atoms with Crippen LogP contribution in [0.2, 0.25) is 0 Å². The van der Waals surface area contributed by atoms with Crippen LogP contribution >= 0.6 is 0 Å². The van der Waals surface area contributed by atoms with Crippen LogP contribution in [-0.2, 0) is 23.9 Å². The molecule has 0 amide bonds. The minimum absolute atomic E-state index is 0.0780. The van der Waals surface area contributed by atoms with Gasteiger partial charge in [0, 0.05) is 6.08 Å². The topological polar surface area (TPSA) is 89.9 Å². The quantitative estimate of drug-likeness (QED) is 0.340. The summed E-state index contributed by atoms with van der Waals surface area (Å²) < 4.78 is 9.42. The molecule has 0 atom stereocenters. The van der Waals surface area contributed by atoms with Crippen LogP contribution in [0.3, 0.4) is 0 Å². The average molecular weight is 270 g/mol. The number of esters is 2. The van der Waals surface area contributed by atoms with Crippen molar-refractivity contribution in [2.75, 3.05) is 13.2 Å². The van der Waals surface area contributed by atoms with Gasteiger partial charge in [0.2, 0.25) is 0 Å². The van der Waals surface area contributed by atoms with Crippen LogP contribution in [0.4, 0.5) is 0 Å². The van der Waals surface area contributed by atoms with Gasteiger partial charge >= 0.3 is 11.9 Å². The molecule has 1 N–H and O–H groups in total. The lowest BCUT2D eigenvalue weighted by atomic mass is 10.0. The number of hydrogen-bond donors (Lipinski definition) is 1. The fraction of sp³-hybridized carbons (Fsp3) is 0.462. The lowest BCUT2D eigenvalue weighted by molar-refractivity contribution is -0.140. The molecule has 6 heteroatoms. The van der Waals surface area contributed by atoms with Crippen LogP contribution in [0.15, 0.2) is 23.0 Å². The highest BCUT2D eigenvalue weighted by atomic mass is 16.5. The number of Topliss-reactive ketones (excluding diaryl/α,β-unsaturated/α-hetero) is 1. The molecule has 0 aromatic heterocycles. The van der Waals surface area contributed by atoms with Gasteiger partial charge in [0.25, 0.3) is 0 Å². The lowest BCUT2D eigenvalue weighted by Crippen LogP contribution is -2.17. The number of carbonyl (C=O) groups excluding carboxylic acids is 3. The van der Waals surface area contributed by atoms with Crippen LogP contribution < -0.4 is 0 Å². The van der Waals surface area contributed by atoms with Gasteiger partial charge in [0.05, 0.1) is 24.4 Å². The van der Waals surface area contributed by atoms with Crippen LogP contribution in [0, 0.1) is 0 Å². The summed E-state index contributed by atoms with van der Waals surface area (Å²) in [6.07, 6.45) is 0.845. The Labute approximate surface area is 111 Å². The SMILES string of the molecule is CCOC(=O)/C=C(C(=O)OCC)\C(C(C)=O)=C(\C)O. The van der Waals surface area contributed by atoms with Crippen molar-refractivity contribution in [3.63, 3.8) is 0 Å². The Morgan fingerprint density at radius 3 is 1.95 bits per heavy atom.